The first-order valence-electron chi connectivity index (χ1n) is 8.15. The number of aryl methyl sites for hydroxylation is 2. The molecular weight excluding hydrogens is 312 g/mol. The molecule has 2 N–H and O–H groups in total. The van der Waals surface area contributed by atoms with Gasteiger partial charge in [-0.2, -0.15) is 0 Å². The van der Waals surface area contributed by atoms with E-state index in [1.54, 1.807) is 30.2 Å². The van der Waals surface area contributed by atoms with Gasteiger partial charge >= 0.3 is 0 Å². The molecule has 0 radical (unpaired) electrons. The Morgan fingerprint density at radius 2 is 2.04 bits per heavy atom. The summed E-state index contributed by atoms with van der Waals surface area (Å²) in [6, 6.07) is 13.9. The number of para-hydroxylation sites is 1. The quantitative estimate of drug-likeness (QED) is 0.746. The Morgan fingerprint density at radius 3 is 2.76 bits per heavy atom. The molecular formula is C20H22N4O. The molecule has 0 saturated carbocycles. The Kier molecular flexibility index (Phi) is 4.57. The number of hydrogen-bond donors (Lipinski definition) is 1. The van der Waals surface area contributed by atoms with Crippen LogP contribution in [0.25, 0.3) is 17.0 Å². The maximum absolute atomic E-state index is 12.4. The zero-order valence-corrected chi connectivity index (χ0v) is 14.7. The number of nitrogens with zero attached hydrogens (tertiary/aromatic N) is 3. The Labute approximate surface area is 147 Å². The Balaban J connectivity index is 1.73. The van der Waals surface area contributed by atoms with Crippen molar-refractivity contribution in [2.45, 2.75) is 13.5 Å². The van der Waals surface area contributed by atoms with Crippen molar-refractivity contribution in [2.75, 3.05) is 12.8 Å². The van der Waals surface area contributed by atoms with Crippen LogP contribution >= 0.6 is 0 Å². The first kappa shape index (κ1) is 16.8. The smallest absolute Gasteiger partial charge is 0.246 e. The molecule has 128 valence electrons. The molecule has 0 fully saturated rings. The summed E-state index contributed by atoms with van der Waals surface area (Å²) in [5.74, 6) is 0.426. The van der Waals surface area contributed by atoms with Crippen LogP contribution in [0.3, 0.4) is 0 Å². The number of fused-ring (bicyclic) bond motifs is 1. The second-order valence-electron chi connectivity index (χ2n) is 6.19. The minimum absolute atomic E-state index is 0.0542. The van der Waals surface area contributed by atoms with Crippen LogP contribution in [0.2, 0.25) is 0 Å². The summed E-state index contributed by atoms with van der Waals surface area (Å²) in [6.45, 7) is 2.42. The normalized spacial score (nSPS) is 11.3. The fourth-order valence-electron chi connectivity index (χ4n) is 2.87. The summed E-state index contributed by atoms with van der Waals surface area (Å²) in [7, 11) is 3.83. The van der Waals surface area contributed by atoms with Crippen molar-refractivity contribution in [3.8, 4) is 0 Å². The summed E-state index contributed by atoms with van der Waals surface area (Å²) < 4.78 is 2.12. The molecule has 0 bridgehead atoms. The minimum Gasteiger partial charge on any atom is -0.384 e. The molecule has 3 aromatic rings. The zero-order chi connectivity index (χ0) is 18.0. The number of pyridine rings is 1. The van der Waals surface area contributed by atoms with E-state index in [1.807, 2.05) is 32.2 Å². The lowest BCUT2D eigenvalue weighted by molar-refractivity contribution is -0.125. The third-order valence-electron chi connectivity index (χ3n) is 4.38. The van der Waals surface area contributed by atoms with Gasteiger partial charge in [-0.15, -0.1) is 0 Å². The summed E-state index contributed by atoms with van der Waals surface area (Å²) in [6.07, 6.45) is 3.35. The van der Waals surface area contributed by atoms with Gasteiger partial charge in [-0.1, -0.05) is 18.2 Å². The fraction of sp³-hybridized carbons (Fsp3) is 0.200. The van der Waals surface area contributed by atoms with Crippen LogP contribution in [-0.2, 0) is 18.4 Å². The average molecular weight is 334 g/mol. The van der Waals surface area contributed by atoms with Gasteiger partial charge in [-0.05, 0) is 48.2 Å². The molecule has 0 unspecified atom stereocenters. The number of rotatable bonds is 4. The van der Waals surface area contributed by atoms with Crippen molar-refractivity contribution in [1.82, 2.24) is 14.5 Å². The second-order valence-corrected chi connectivity index (χ2v) is 6.19. The lowest BCUT2D eigenvalue weighted by Crippen LogP contribution is -2.25. The van der Waals surface area contributed by atoms with E-state index in [1.165, 1.54) is 5.39 Å². The molecule has 5 heteroatoms. The summed E-state index contributed by atoms with van der Waals surface area (Å²) in [5, 5.41) is 1.18. The van der Waals surface area contributed by atoms with E-state index in [0.29, 0.717) is 12.4 Å². The fourth-order valence-corrected chi connectivity index (χ4v) is 2.87. The molecule has 5 nitrogen and oxygen atoms in total. The third kappa shape index (κ3) is 3.55. The highest BCUT2D eigenvalue weighted by atomic mass is 16.2. The molecule has 0 aliphatic carbocycles. The van der Waals surface area contributed by atoms with E-state index in [4.69, 9.17) is 5.73 Å². The molecule has 0 aliphatic heterocycles. The maximum Gasteiger partial charge on any atom is 0.246 e. The van der Waals surface area contributed by atoms with Gasteiger partial charge in [0.15, 0.2) is 0 Å². The standard InChI is InChI=1S/C20H22N4O/c1-14-15(8-10-19(21)22-14)9-11-20(25)23(2)13-17-12-16-6-4-5-7-18(16)24(17)3/h4-12H,13H2,1-3H3,(H2,21,22)/b11-9+. The molecule has 2 heterocycles. The number of amides is 1. The van der Waals surface area contributed by atoms with E-state index in [0.717, 1.165) is 22.5 Å². The number of benzene rings is 1. The van der Waals surface area contributed by atoms with Gasteiger partial charge < -0.3 is 15.2 Å². The molecule has 0 aliphatic rings. The number of carbonyl (C=O) groups excluding carboxylic acids is 1. The predicted octanol–water partition coefficient (Wildman–Crippen LogP) is 3.14. The predicted molar refractivity (Wildman–Crippen MR) is 102 cm³/mol. The summed E-state index contributed by atoms with van der Waals surface area (Å²) >= 11 is 0. The van der Waals surface area contributed by atoms with Gasteiger partial charge in [0.05, 0.1) is 6.54 Å². The SMILES string of the molecule is Cc1nc(N)ccc1/C=C/C(=O)N(C)Cc1cc2ccccc2n1C. The lowest BCUT2D eigenvalue weighted by Gasteiger charge is -2.16. The van der Waals surface area contributed by atoms with E-state index >= 15 is 0 Å². The van der Waals surface area contributed by atoms with Crippen molar-refractivity contribution in [3.05, 3.63) is 65.5 Å². The van der Waals surface area contributed by atoms with Crippen LogP contribution in [-0.4, -0.2) is 27.4 Å². The molecule has 25 heavy (non-hydrogen) atoms. The minimum atomic E-state index is -0.0542. The summed E-state index contributed by atoms with van der Waals surface area (Å²) in [5.41, 5.74) is 9.60. The highest BCUT2D eigenvalue weighted by molar-refractivity contribution is 5.91. The molecule has 0 saturated heterocycles. The van der Waals surface area contributed by atoms with Crippen LogP contribution in [0.15, 0.2) is 48.5 Å². The van der Waals surface area contributed by atoms with Crippen molar-refractivity contribution in [2.24, 2.45) is 7.05 Å². The van der Waals surface area contributed by atoms with E-state index in [9.17, 15) is 4.79 Å². The molecule has 1 aromatic carbocycles. The topological polar surface area (TPSA) is 64.2 Å². The van der Waals surface area contributed by atoms with Crippen LogP contribution in [0.5, 0.6) is 0 Å². The van der Waals surface area contributed by atoms with E-state index in [-0.39, 0.29) is 5.91 Å². The average Bonchev–Trinajstić information content (AvgIpc) is 2.90. The van der Waals surface area contributed by atoms with E-state index < -0.39 is 0 Å². The monoisotopic (exact) mass is 334 g/mol. The number of nitrogen functional groups attached to an aromatic ring is 1. The first-order chi connectivity index (χ1) is 12.0. The second kappa shape index (κ2) is 6.81. The summed E-state index contributed by atoms with van der Waals surface area (Å²) in [4.78, 5) is 18.3. The highest BCUT2D eigenvalue weighted by Gasteiger charge is 2.11. The number of nitrogens with two attached hydrogens (primary N) is 1. The van der Waals surface area contributed by atoms with Crippen molar-refractivity contribution in [1.29, 1.82) is 0 Å². The number of likely N-dealkylation sites (N-methyl/N-ethyl adjacent to an activating group) is 1. The first-order valence-corrected chi connectivity index (χ1v) is 8.15. The number of hydrogen-bond acceptors (Lipinski definition) is 3. The van der Waals surface area contributed by atoms with Gasteiger partial charge in [0, 0.05) is 37.1 Å². The van der Waals surface area contributed by atoms with Crippen LogP contribution in [0.1, 0.15) is 17.0 Å². The Morgan fingerprint density at radius 1 is 1.28 bits per heavy atom. The van der Waals surface area contributed by atoms with Gasteiger partial charge in [0.1, 0.15) is 5.82 Å². The number of aromatic nitrogens is 2. The van der Waals surface area contributed by atoms with Gasteiger partial charge in [0.25, 0.3) is 0 Å². The lowest BCUT2D eigenvalue weighted by atomic mass is 10.2. The third-order valence-corrected chi connectivity index (χ3v) is 4.38. The van der Waals surface area contributed by atoms with Gasteiger partial charge in [-0.25, -0.2) is 4.98 Å². The largest absolute Gasteiger partial charge is 0.384 e. The molecule has 1 amide bonds. The van der Waals surface area contributed by atoms with Crippen molar-refractivity contribution < 1.29 is 4.79 Å². The molecule has 0 atom stereocenters. The van der Waals surface area contributed by atoms with Gasteiger partial charge in [-0.3, -0.25) is 4.79 Å². The van der Waals surface area contributed by atoms with Gasteiger partial charge in [0.2, 0.25) is 5.91 Å². The van der Waals surface area contributed by atoms with Crippen molar-refractivity contribution in [3.63, 3.8) is 0 Å². The molecule has 0 spiro atoms. The van der Waals surface area contributed by atoms with Crippen LogP contribution < -0.4 is 5.73 Å². The Hall–Kier alpha value is -3.08. The number of carbonyl (C=O) groups is 1. The maximum atomic E-state index is 12.4. The highest BCUT2D eigenvalue weighted by Crippen LogP contribution is 2.19. The zero-order valence-electron chi connectivity index (χ0n) is 14.7. The number of anilines is 1. The van der Waals surface area contributed by atoms with E-state index in [2.05, 4.69) is 27.8 Å². The van der Waals surface area contributed by atoms with Crippen LogP contribution in [0, 0.1) is 6.92 Å². The van der Waals surface area contributed by atoms with Crippen molar-refractivity contribution >= 4 is 28.7 Å². The van der Waals surface area contributed by atoms with Crippen LogP contribution in [0.4, 0.5) is 5.82 Å². The molecule has 3 rings (SSSR count). The molecule has 2 aromatic heterocycles. The Bertz CT molecular complexity index is 955.